The molecule has 0 spiro atoms. The molecule has 4 rings (SSSR count). The van der Waals surface area contributed by atoms with Crippen LogP contribution in [0.15, 0.2) is 77.9 Å². The van der Waals surface area contributed by atoms with E-state index in [-0.39, 0.29) is 12.3 Å². The summed E-state index contributed by atoms with van der Waals surface area (Å²) >= 11 is 2.23. The molecule has 0 fully saturated rings. The Labute approximate surface area is 219 Å². The maximum Gasteiger partial charge on any atom is 0.244 e. The number of carbonyl (C=O) groups is 1. The van der Waals surface area contributed by atoms with Gasteiger partial charge in [-0.15, -0.1) is 0 Å². The van der Waals surface area contributed by atoms with Crippen molar-refractivity contribution in [1.29, 1.82) is 0 Å². The number of aryl methyl sites for hydroxylation is 2. The highest BCUT2D eigenvalue weighted by molar-refractivity contribution is 14.1. The average molecular weight is 578 g/mol. The van der Waals surface area contributed by atoms with E-state index in [1.165, 1.54) is 21.9 Å². The van der Waals surface area contributed by atoms with Gasteiger partial charge in [0, 0.05) is 0 Å². The van der Waals surface area contributed by atoms with Crippen molar-refractivity contribution in [3.63, 3.8) is 0 Å². The van der Waals surface area contributed by atoms with Crippen LogP contribution < -0.4 is 14.9 Å². The molecule has 0 saturated carbocycles. The zero-order chi connectivity index (χ0) is 24.8. The van der Waals surface area contributed by atoms with Gasteiger partial charge in [-0.2, -0.15) is 5.10 Å². The van der Waals surface area contributed by atoms with E-state index in [0.717, 1.165) is 20.3 Å². The second kappa shape index (κ2) is 11.4. The first-order valence-electron chi connectivity index (χ1n) is 11.3. The van der Waals surface area contributed by atoms with Gasteiger partial charge in [0.05, 0.1) is 23.3 Å². The summed E-state index contributed by atoms with van der Waals surface area (Å²) in [5, 5.41) is 6.48. The highest BCUT2D eigenvalue weighted by Crippen LogP contribution is 2.34. The Bertz CT molecular complexity index is 1390. The van der Waals surface area contributed by atoms with Gasteiger partial charge in [0.15, 0.2) is 11.5 Å². The highest BCUT2D eigenvalue weighted by Gasteiger charge is 2.12. The summed E-state index contributed by atoms with van der Waals surface area (Å²) in [6, 6.07) is 24.3. The van der Waals surface area contributed by atoms with Gasteiger partial charge >= 0.3 is 0 Å². The Kier molecular flexibility index (Phi) is 8.02. The summed E-state index contributed by atoms with van der Waals surface area (Å²) in [6.07, 6.45) is 1.89. The lowest BCUT2D eigenvalue weighted by atomic mass is 10.0. The number of methoxy groups -OCH3 is 1. The van der Waals surface area contributed by atoms with Crippen LogP contribution in [-0.4, -0.2) is 19.2 Å². The predicted octanol–water partition coefficient (Wildman–Crippen LogP) is 6.34. The quantitative estimate of drug-likeness (QED) is 0.151. The van der Waals surface area contributed by atoms with E-state index in [0.29, 0.717) is 18.1 Å². The summed E-state index contributed by atoms with van der Waals surface area (Å²) in [7, 11) is 1.61. The SMILES string of the molecule is COc1cc(/C=N/NC(=O)Cc2ccc(C)c(C)c2)cc(I)c1OCc1cccc2ccccc12. The van der Waals surface area contributed by atoms with Crippen molar-refractivity contribution in [1.82, 2.24) is 5.43 Å². The van der Waals surface area contributed by atoms with Crippen LogP contribution in [0, 0.1) is 17.4 Å². The first-order valence-corrected chi connectivity index (χ1v) is 12.4. The zero-order valence-electron chi connectivity index (χ0n) is 20.0. The molecule has 1 amide bonds. The van der Waals surface area contributed by atoms with Crippen LogP contribution in [0.4, 0.5) is 0 Å². The maximum atomic E-state index is 12.3. The van der Waals surface area contributed by atoms with Crippen molar-refractivity contribution in [3.05, 3.63) is 104 Å². The number of hydrogen-bond donors (Lipinski definition) is 1. The van der Waals surface area contributed by atoms with E-state index < -0.39 is 0 Å². The molecule has 0 atom stereocenters. The normalized spacial score (nSPS) is 11.1. The third-order valence-corrected chi connectivity index (χ3v) is 6.64. The second-order valence-electron chi connectivity index (χ2n) is 8.35. The number of rotatable bonds is 8. The largest absolute Gasteiger partial charge is 0.493 e. The molecule has 0 aliphatic carbocycles. The fraction of sp³-hybridized carbons (Fsp3) is 0.172. The van der Waals surface area contributed by atoms with Gasteiger partial charge in [-0.3, -0.25) is 4.79 Å². The van der Waals surface area contributed by atoms with Crippen LogP contribution in [0.2, 0.25) is 0 Å². The van der Waals surface area contributed by atoms with Gasteiger partial charge in [-0.1, -0.05) is 60.7 Å². The van der Waals surface area contributed by atoms with Gasteiger partial charge in [-0.05, 0) is 87.2 Å². The lowest BCUT2D eigenvalue weighted by molar-refractivity contribution is -0.120. The lowest BCUT2D eigenvalue weighted by Crippen LogP contribution is -2.19. The number of carbonyl (C=O) groups excluding carboxylic acids is 1. The molecule has 0 radical (unpaired) electrons. The van der Waals surface area contributed by atoms with Gasteiger partial charge < -0.3 is 9.47 Å². The Morgan fingerprint density at radius 3 is 2.60 bits per heavy atom. The minimum absolute atomic E-state index is 0.166. The third-order valence-electron chi connectivity index (χ3n) is 5.84. The van der Waals surface area contributed by atoms with Crippen LogP contribution in [0.3, 0.4) is 0 Å². The minimum Gasteiger partial charge on any atom is -0.493 e. The molecule has 178 valence electrons. The summed E-state index contributed by atoms with van der Waals surface area (Å²) < 4.78 is 12.7. The number of amides is 1. The van der Waals surface area contributed by atoms with Crippen LogP contribution in [-0.2, 0) is 17.8 Å². The summed E-state index contributed by atoms with van der Waals surface area (Å²) in [6.45, 7) is 4.52. The van der Waals surface area contributed by atoms with Crippen molar-refractivity contribution in [2.24, 2.45) is 5.10 Å². The van der Waals surface area contributed by atoms with Gasteiger partial charge in [0.25, 0.3) is 0 Å². The van der Waals surface area contributed by atoms with Gasteiger partial charge in [-0.25, -0.2) is 5.43 Å². The molecule has 0 aromatic heterocycles. The number of ether oxygens (including phenoxy) is 2. The van der Waals surface area contributed by atoms with Gasteiger partial charge in [0.2, 0.25) is 5.91 Å². The van der Waals surface area contributed by atoms with Crippen molar-refractivity contribution < 1.29 is 14.3 Å². The number of fused-ring (bicyclic) bond motifs is 1. The topological polar surface area (TPSA) is 59.9 Å². The molecule has 0 saturated heterocycles. The molecule has 0 heterocycles. The third kappa shape index (κ3) is 6.19. The van der Waals surface area contributed by atoms with E-state index in [1.54, 1.807) is 13.3 Å². The predicted molar refractivity (Wildman–Crippen MR) is 149 cm³/mol. The van der Waals surface area contributed by atoms with Crippen LogP contribution in [0.1, 0.15) is 27.8 Å². The molecule has 5 nitrogen and oxygen atoms in total. The number of benzene rings is 4. The molecule has 0 aliphatic heterocycles. The molecule has 0 unspecified atom stereocenters. The van der Waals surface area contributed by atoms with E-state index in [1.807, 2.05) is 55.5 Å². The minimum atomic E-state index is -0.166. The van der Waals surface area contributed by atoms with Crippen LogP contribution in [0.5, 0.6) is 11.5 Å². The standard InChI is InChI=1S/C29H27IN2O3/c1-19-11-12-21(13-20(19)2)16-28(33)32-31-17-22-14-26(30)29(27(15-22)34-3)35-18-24-9-6-8-23-7-4-5-10-25(23)24/h4-15,17H,16,18H2,1-3H3,(H,32,33)/b31-17+. The van der Waals surface area contributed by atoms with E-state index in [9.17, 15) is 4.79 Å². The number of nitrogens with zero attached hydrogens (tertiary/aromatic N) is 1. The molecular formula is C29H27IN2O3. The Morgan fingerprint density at radius 2 is 1.80 bits per heavy atom. The van der Waals surface area contributed by atoms with E-state index >= 15 is 0 Å². The maximum absolute atomic E-state index is 12.3. The Hall–Kier alpha value is -3.39. The number of hydrazone groups is 1. The first kappa shape index (κ1) is 24.7. The molecular weight excluding hydrogens is 551 g/mol. The van der Waals surface area contributed by atoms with Crippen molar-refractivity contribution in [3.8, 4) is 11.5 Å². The highest BCUT2D eigenvalue weighted by atomic mass is 127. The summed E-state index contributed by atoms with van der Waals surface area (Å²) in [4.78, 5) is 12.3. The molecule has 35 heavy (non-hydrogen) atoms. The smallest absolute Gasteiger partial charge is 0.244 e. The fourth-order valence-electron chi connectivity index (χ4n) is 3.84. The van der Waals surface area contributed by atoms with Crippen molar-refractivity contribution >= 4 is 45.5 Å². The molecule has 0 bridgehead atoms. The average Bonchev–Trinajstić information content (AvgIpc) is 2.85. The first-order chi connectivity index (χ1) is 16.9. The molecule has 4 aromatic rings. The molecule has 1 N–H and O–H groups in total. The van der Waals surface area contributed by atoms with Crippen LogP contribution >= 0.6 is 22.6 Å². The number of nitrogens with one attached hydrogen (secondary N) is 1. The summed E-state index contributed by atoms with van der Waals surface area (Å²) in [5.74, 6) is 1.12. The molecule has 4 aromatic carbocycles. The number of hydrogen-bond acceptors (Lipinski definition) is 4. The monoisotopic (exact) mass is 578 g/mol. The fourth-order valence-corrected chi connectivity index (χ4v) is 4.62. The van der Waals surface area contributed by atoms with Crippen molar-refractivity contribution in [2.75, 3.05) is 7.11 Å². The lowest BCUT2D eigenvalue weighted by Gasteiger charge is -2.14. The van der Waals surface area contributed by atoms with Gasteiger partial charge in [0.1, 0.15) is 6.61 Å². The molecule has 6 heteroatoms. The van der Waals surface area contributed by atoms with E-state index in [4.69, 9.17) is 9.47 Å². The number of halogens is 1. The summed E-state index contributed by atoms with van der Waals surface area (Å²) in [5.41, 5.74) is 7.86. The van der Waals surface area contributed by atoms with E-state index in [2.05, 4.69) is 64.3 Å². The zero-order valence-corrected chi connectivity index (χ0v) is 22.1. The van der Waals surface area contributed by atoms with Crippen molar-refractivity contribution in [2.45, 2.75) is 26.9 Å². The Morgan fingerprint density at radius 1 is 1.00 bits per heavy atom. The second-order valence-corrected chi connectivity index (χ2v) is 9.51. The molecule has 0 aliphatic rings. The van der Waals surface area contributed by atoms with Crippen LogP contribution in [0.25, 0.3) is 10.8 Å². The Balaban J connectivity index is 1.42.